The molecule has 1 atom stereocenters. The number of benzene rings is 3. The molecule has 5 rings (SSSR count). The molecule has 0 fully saturated rings. The van der Waals surface area contributed by atoms with Crippen molar-refractivity contribution in [3.05, 3.63) is 125 Å². The summed E-state index contributed by atoms with van der Waals surface area (Å²) in [5.74, 6) is -0.0645. The number of furan rings is 1. The summed E-state index contributed by atoms with van der Waals surface area (Å²) in [6.45, 7) is 2.77. The second kappa shape index (κ2) is 10.7. The van der Waals surface area contributed by atoms with E-state index in [-0.39, 0.29) is 30.0 Å². The number of rotatable bonds is 7. The molecule has 0 saturated heterocycles. The van der Waals surface area contributed by atoms with Crippen molar-refractivity contribution in [1.82, 2.24) is 10.2 Å². The molecule has 0 bridgehead atoms. The highest BCUT2D eigenvalue weighted by Crippen LogP contribution is 2.38. The molecule has 1 unspecified atom stereocenters. The third-order valence-electron chi connectivity index (χ3n) is 6.47. The van der Waals surface area contributed by atoms with E-state index in [1.54, 1.807) is 29.2 Å². The number of hydrogen-bond acceptors (Lipinski definition) is 4. The quantitative estimate of drug-likeness (QED) is 0.380. The molecule has 1 aliphatic rings. The highest BCUT2D eigenvalue weighted by Gasteiger charge is 2.34. The maximum atomic E-state index is 13.7. The molecule has 6 nitrogen and oxygen atoms in total. The minimum atomic E-state index is -0.458. The molecule has 3 aromatic carbocycles. The summed E-state index contributed by atoms with van der Waals surface area (Å²) in [5, 5.41) is 2.87. The Hall–Kier alpha value is -4.39. The highest BCUT2D eigenvalue weighted by molar-refractivity contribution is 5.92. The van der Waals surface area contributed by atoms with E-state index in [4.69, 9.17) is 9.15 Å². The van der Waals surface area contributed by atoms with Crippen LogP contribution in [0, 0.1) is 12.7 Å². The van der Waals surface area contributed by atoms with Crippen LogP contribution in [0.1, 0.15) is 44.4 Å². The lowest BCUT2D eigenvalue weighted by Gasteiger charge is -2.37. The van der Waals surface area contributed by atoms with Crippen LogP contribution in [0.5, 0.6) is 5.75 Å². The predicted molar refractivity (Wildman–Crippen MR) is 137 cm³/mol. The Labute approximate surface area is 214 Å². The van der Waals surface area contributed by atoms with Crippen molar-refractivity contribution in [3.8, 4) is 5.75 Å². The van der Waals surface area contributed by atoms with Gasteiger partial charge in [0, 0.05) is 13.1 Å². The van der Waals surface area contributed by atoms with Gasteiger partial charge in [-0.2, -0.15) is 0 Å². The zero-order chi connectivity index (χ0) is 25.8. The van der Waals surface area contributed by atoms with Gasteiger partial charge in [0.15, 0.2) is 12.4 Å². The normalized spacial score (nSPS) is 14.6. The van der Waals surface area contributed by atoms with Crippen LogP contribution in [-0.4, -0.2) is 29.9 Å². The monoisotopic (exact) mass is 498 g/mol. The molecular weight excluding hydrogens is 471 g/mol. The molecular formula is C30H27FN2O4. The van der Waals surface area contributed by atoms with Crippen molar-refractivity contribution in [3.63, 3.8) is 0 Å². The van der Waals surface area contributed by atoms with Crippen molar-refractivity contribution in [2.45, 2.75) is 25.9 Å². The first-order valence-electron chi connectivity index (χ1n) is 12.2. The fourth-order valence-corrected chi connectivity index (χ4v) is 4.67. The predicted octanol–water partition coefficient (Wildman–Crippen LogP) is 5.21. The molecule has 188 valence electrons. The van der Waals surface area contributed by atoms with Gasteiger partial charge in [-0.1, -0.05) is 48.0 Å². The van der Waals surface area contributed by atoms with E-state index in [1.807, 2.05) is 49.4 Å². The average molecular weight is 499 g/mol. The zero-order valence-electron chi connectivity index (χ0n) is 20.4. The molecule has 1 aliphatic heterocycles. The van der Waals surface area contributed by atoms with E-state index in [2.05, 4.69) is 5.32 Å². The van der Waals surface area contributed by atoms with Crippen LogP contribution in [0.3, 0.4) is 0 Å². The summed E-state index contributed by atoms with van der Waals surface area (Å²) in [6, 6.07) is 22.6. The van der Waals surface area contributed by atoms with Gasteiger partial charge in [0.1, 0.15) is 11.6 Å². The van der Waals surface area contributed by atoms with Gasteiger partial charge in [-0.15, -0.1) is 0 Å². The minimum absolute atomic E-state index is 0.138. The van der Waals surface area contributed by atoms with E-state index in [0.29, 0.717) is 25.3 Å². The number of nitrogens with one attached hydrogen (secondary N) is 1. The first-order valence-corrected chi connectivity index (χ1v) is 12.2. The molecule has 2 amide bonds. The smallest absolute Gasteiger partial charge is 0.290 e. The summed E-state index contributed by atoms with van der Waals surface area (Å²) in [6.07, 6.45) is 2.12. The van der Waals surface area contributed by atoms with Gasteiger partial charge in [-0.05, 0) is 72.0 Å². The lowest BCUT2D eigenvalue weighted by atomic mass is 9.87. The maximum Gasteiger partial charge on any atom is 0.290 e. The molecule has 0 aliphatic carbocycles. The van der Waals surface area contributed by atoms with Crippen molar-refractivity contribution >= 4 is 11.8 Å². The van der Waals surface area contributed by atoms with Gasteiger partial charge in [-0.3, -0.25) is 9.59 Å². The number of carbonyl (C=O) groups excluding carboxylic acids is 2. The summed E-state index contributed by atoms with van der Waals surface area (Å²) < 4.78 is 24.9. The van der Waals surface area contributed by atoms with Gasteiger partial charge in [0.2, 0.25) is 0 Å². The van der Waals surface area contributed by atoms with E-state index in [9.17, 15) is 14.0 Å². The number of carbonyl (C=O) groups is 2. The minimum Gasteiger partial charge on any atom is -0.484 e. The number of amides is 2. The van der Waals surface area contributed by atoms with Crippen LogP contribution in [0.25, 0.3) is 0 Å². The second-order valence-corrected chi connectivity index (χ2v) is 9.10. The van der Waals surface area contributed by atoms with Gasteiger partial charge >= 0.3 is 0 Å². The topological polar surface area (TPSA) is 71.8 Å². The fraction of sp³-hybridized carbons (Fsp3) is 0.200. The van der Waals surface area contributed by atoms with Crippen molar-refractivity contribution in [1.29, 1.82) is 0 Å². The van der Waals surface area contributed by atoms with Gasteiger partial charge in [0.25, 0.3) is 11.8 Å². The van der Waals surface area contributed by atoms with Gasteiger partial charge < -0.3 is 19.4 Å². The highest BCUT2D eigenvalue weighted by atomic mass is 19.1. The molecule has 1 N–H and O–H groups in total. The molecule has 37 heavy (non-hydrogen) atoms. The SMILES string of the molecule is Cc1cccc(CNC(=O)COc2ccc3c(c2)C(c2ccc(F)cc2)N(C(=O)c2ccco2)CC3)c1. The molecule has 0 radical (unpaired) electrons. The van der Waals surface area contributed by atoms with Crippen LogP contribution < -0.4 is 10.1 Å². The molecule has 4 aromatic rings. The summed E-state index contributed by atoms with van der Waals surface area (Å²) in [4.78, 5) is 27.5. The van der Waals surface area contributed by atoms with Crippen molar-refractivity contribution < 1.29 is 23.1 Å². The third-order valence-corrected chi connectivity index (χ3v) is 6.47. The molecule has 1 aromatic heterocycles. The van der Waals surface area contributed by atoms with Crippen LogP contribution in [0.2, 0.25) is 0 Å². The number of nitrogens with zero attached hydrogens (tertiary/aromatic N) is 1. The van der Waals surface area contributed by atoms with Crippen LogP contribution in [0.4, 0.5) is 4.39 Å². The molecule has 0 spiro atoms. The fourth-order valence-electron chi connectivity index (χ4n) is 4.67. The van der Waals surface area contributed by atoms with Gasteiger partial charge in [0.05, 0.1) is 12.3 Å². The maximum absolute atomic E-state index is 13.7. The molecule has 0 saturated carbocycles. The van der Waals surface area contributed by atoms with Crippen LogP contribution in [0.15, 0.2) is 89.5 Å². The summed E-state index contributed by atoms with van der Waals surface area (Å²) in [7, 11) is 0. The molecule has 2 heterocycles. The first-order chi connectivity index (χ1) is 18.0. The summed E-state index contributed by atoms with van der Waals surface area (Å²) in [5.41, 5.74) is 4.86. The van der Waals surface area contributed by atoms with Gasteiger partial charge in [-0.25, -0.2) is 4.39 Å². The Balaban J connectivity index is 1.35. The van der Waals surface area contributed by atoms with Crippen LogP contribution >= 0.6 is 0 Å². The first kappa shape index (κ1) is 24.3. The number of halogens is 1. The Bertz CT molecular complexity index is 1400. The largest absolute Gasteiger partial charge is 0.484 e. The average Bonchev–Trinajstić information content (AvgIpc) is 3.45. The van der Waals surface area contributed by atoms with E-state index < -0.39 is 6.04 Å². The standard InChI is InChI=1S/C30H27FN2O4/c1-20-4-2-5-21(16-20)18-32-28(34)19-37-25-12-9-22-13-14-33(30(35)27-6-3-15-36-27)29(26(22)17-25)23-7-10-24(31)11-8-23/h2-12,15-17,29H,13-14,18-19H2,1H3,(H,32,34). The Morgan fingerprint density at radius 2 is 1.89 bits per heavy atom. The van der Waals surface area contributed by atoms with E-state index in [1.165, 1.54) is 18.4 Å². The molecule has 7 heteroatoms. The van der Waals surface area contributed by atoms with Crippen molar-refractivity contribution in [2.24, 2.45) is 0 Å². The lowest BCUT2D eigenvalue weighted by molar-refractivity contribution is -0.123. The van der Waals surface area contributed by atoms with Crippen molar-refractivity contribution in [2.75, 3.05) is 13.2 Å². The third kappa shape index (κ3) is 5.56. The van der Waals surface area contributed by atoms with E-state index >= 15 is 0 Å². The summed E-state index contributed by atoms with van der Waals surface area (Å²) >= 11 is 0. The number of fused-ring (bicyclic) bond motifs is 1. The second-order valence-electron chi connectivity index (χ2n) is 9.10. The Morgan fingerprint density at radius 1 is 1.05 bits per heavy atom. The number of aryl methyl sites for hydroxylation is 1. The number of hydrogen-bond donors (Lipinski definition) is 1. The van der Waals surface area contributed by atoms with E-state index in [0.717, 1.165) is 27.8 Å². The Morgan fingerprint density at radius 3 is 2.65 bits per heavy atom. The lowest BCUT2D eigenvalue weighted by Crippen LogP contribution is -2.40. The Kier molecular flexibility index (Phi) is 7.03. The van der Waals surface area contributed by atoms with Crippen LogP contribution in [-0.2, 0) is 17.8 Å². The zero-order valence-corrected chi connectivity index (χ0v) is 20.4. The number of ether oxygens (including phenoxy) is 1.